The third-order valence-electron chi connectivity index (χ3n) is 4.65. The zero-order valence-electron chi connectivity index (χ0n) is 14.6. The van der Waals surface area contributed by atoms with Crippen molar-refractivity contribution in [3.63, 3.8) is 0 Å². The number of ether oxygens (including phenoxy) is 1. The van der Waals surface area contributed by atoms with Crippen LogP contribution in [-0.2, 0) is 27.7 Å². The number of rotatable bonds is 4. The number of carbonyl (C=O) groups is 2. The minimum atomic E-state index is -4.07. The van der Waals surface area contributed by atoms with Crippen LogP contribution >= 0.6 is 11.3 Å². The molecule has 9 heteroatoms. The number of hydrogen-bond donors (Lipinski definition) is 2. The van der Waals surface area contributed by atoms with Crippen molar-refractivity contribution in [1.29, 1.82) is 0 Å². The molecule has 2 aliphatic rings. The molecule has 1 aromatic carbocycles. The van der Waals surface area contributed by atoms with Crippen molar-refractivity contribution in [2.24, 2.45) is 0 Å². The zero-order chi connectivity index (χ0) is 19.2. The number of carbonyl (C=O) groups excluding carboxylic acids is 2. The van der Waals surface area contributed by atoms with Gasteiger partial charge < -0.3 is 10.1 Å². The van der Waals surface area contributed by atoms with E-state index in [9.17, 15) is 18.0 Å². The summed E-state index contributed by atoms with van der Waals surface area (Å²) in [7, 11) is -4.07. The van der Waals surface area contributed by atoms with Crippen LogP contribution in [0.1, 0.15) is 39.9 Å². The van der Waals surface area contributed by atoms with E-state index in [-0.39, 0.29) is 16.5 Å². The number of sulfonamides is 1. The molecule has 2 N–H and O–H groups in total. The molecule has 0 saturated carbocycles. The highest BCUT2D eigenvalue weighted by Gasteiger charge is 2.28. The Morgan fingerprint density at radius 1 is 1.33 bits per heavy atom. The fourth-order valence-electron chi connectivity index (χ4n) is 3.24. The van der Waals surface area contributed by atoms with Crippen molar-refractivity contribution >= 4 is 38.9 Å². The predicted octanol–water partition coefficient (Wildman–Crippen LogP) is 2.47. The first-order chi connectivity index (χ1) is 12.9. The summed E-state index contributed by atoms with van der Waals surface area (Å²) >= 11 is 1.34. The number of aryl methyl sites for hydroxylation is 2. The van der Waals surface area contributed by atoms with Gasteiger partial charge in [-0.3, -0.25) is 9.59 Å². The van der Waals surface area contributed by atoms with Crippen LogP contribution in [0.4, 0.5) is 5.69 Å². The molecule has 4 rings (SSSR count). The molecule has 0 spiro atoms. The van der Waals surface area contributed by atoms with E-state index in [1.807, 2.05) is 6.92 Å². The topological polar surface area (TPSA) is 102 Å². The third kappa shape index (κ3) is 3.32. The van der Waals surface area contributed by atoms with E-state index in [4.69, 9.17) is 4.74 Å². The van der Waals surface area contributed by atoms with Gasteiger partial charge in [-0.05, 0) is 55.5 Å². The van der Waals surface area contributed by atoms with Crippen molar-refractivity contribution in [3.05, 3.63) is 39.6 Å². The van der Waals surface area contributed by atoms with Crippen LogP contribution in [-0.4, -0.2) is 26.3 Å². The molecule has 1 aliphatic carbocycles. The van der Waals surface area contributed by atoms with Crippen molar-refractivity contribution in [3.8, 4) is 5.75 Å². The molecule has 0 radical (unpaired) electrons. The molecule has 142 valence electrons. The summed E-state index contributed by atoms with van der Waals surface area (Å²) in [6.45, 7) is 1.82. The lowest BCUT2D eigenvalue weighted by Crippen LogP contribution is -2.36. The Labute approximate surface area is 160 Å². The average Bonchev–Trinajstić information content (AvgIpc) is 3.22. The van der Waals surface area contributed by atoms with E-state index in [1.165, 1.54) is 29.5 Å². The second-order valence-electron chi connectivity index (χ2n) is 6.51. The van der Waals surface area contributed by atoms with Gasteiger partial charge in [0, 0.05) is 4.88 Å². The number of fused-ring (bicyclic) bond motifs is 2. The van der Waals surface area contributed by atoms with Gasteiger partial charge in [0.2, 0.25) is 0 Å². The summed E-state index contributed by atoms with van der Waals surface area (Å²) in [5.41, 5.74) is 1.40. The first-order valence-electron chi connectivity index (χ1n) is 8.67. The van der Waals surface area contributed by atoms with Crippen LogP contribution in [0.25, 0.3) is 0 Å². The van der Waals surface area contributed by atoms with Crippen LogP contribution in [0.5, 0.6) is 5.75 Å². The maximum atomic E-state index is 12.6. The van der Waals surface area contributed by atoms with Gasteiger partial charge in [-0.25, -0.2) is 13.1 Å². The van der Waals surface area contributed by atoms with Crippen LogP contribution in [0.3, 0.4) is 0 Å². The molecule has 7 nitrogen and oxygen atoms in total. The van der Waals surface area contributed by atoms with E-state index in [0.717, 1.165) is 29.7 Å². The molecule has 1 atom stereocenters. The monoisotopic (exact) mass is 406 g/mol. The highest BCUT2D eigenvalue weighted by molar-refractivity contribution is 7.90. The second kappa shape index (κ2) is 6.65. The quantitative estimate of drug-likeness (QED) is 0.812. The summed E-state index contributed by atoms with van der Waals surface area (Å²) in [4.78, 5) is 25.7. The van der Waals surface area contributed by atoms with E-state index >= 15 is 0 Å². The van der Waals surface area contributed by atoms with Gasteiger partial charge in [-0.15, -0.1) is 11.3 Å². The van der Waals surface area contributed by atoms with Gasteiger partial charge in [0.15, 0.2) is 6.10 Å². The molecule has 2 heterocycles. The van der Waals surface area contributed by atoms with Crippen LogP contribution in [0, 0.1) is 0 Å². The van der Waals surface area contributed by atoms with Gasteiger partial charge in [0.1, 0.15) is 5.75 Å². The SMILES string of the molecule is CCC1Oc2ccc(S(=O)(=O)NC(=O)c3cc4c(s3)CCC4)cc2NC1=O. The molecular formula is C18H18N2O5S2. The summed E-state index contributed by atoms with van der Waals surface area (Å²) in [6.07, 6.45) is 2.84. The van der Waals surface area contributed by atoms with Gasteiger partial charge in [-0.1, -0.05) is 6.92 Å². The Balaban J connectivity index is 1.56. The van der Waals surface area contributed by atoms with Gasteiger partial charge >= 0.3 is 0 Å². The number of anilines is 1. The Kier molecular flexibility index (Phi) is 4.43. The minimum Gasteiger partial charge on any atom is -0.478 e. The van der Waals surface area contributed by atoms with Crippen LogP contribution < -0.4 is 14.8 Å². The normalized spacial score (nSPS) is 18.3. The van der Waals surface area contributed by atoms with Crippen molar-refractivity contribution in [2.45, 2.75) is 43.6 Å². The number of hydrogen-bond acceptors (Lipinski definition) is 6. The fourth-order valence-corrected chi connectivity index (χ4v) is 5.44. The smallest absolute Gasteiger partial charge is 0.275 e. The van der Waals surface area contributed by atoms with E-state index in [2.05, 4.69) is 10.0 Å². The number of benzene rings is 1. The fraction of sp³-hybridized carbons (Fsp3) is 0.333. The molecule has 0 fully saturated rings. The first-order valence-corrected chi connectivity index (χ1v) is 11.0. The van der Waals surface area contributed by atoms with Gasteiger partial charge in [0.25, 0.3) is 21.8 Å². The number of nitrogens with one attached hydrogen (secondary N) is 2. The standard InChI is InChI=1S/C18H18N2O5S2/c1-2-13-17(21)19-12-9-11(6-7-14(12)25-13)27(23,24)20-18(22)16-8-10-4-3-5-15(10)26-16/h6-9,13H,2-5H2,1H3,(H,19,21)(H,20,22). The molecule has 1 aliphatic heterocycles. The number of amides is 2. The Morgan fingerprint density at radius 2 is 2.15 bits per heavy atom. The third-order valence-corrected chi connectivity index (χ3v) is 7.21. The Hall–Kier alpha value is -2.39. The summed E-state index contributed by atoms with van der Waals surface area (Å²) in [5.74, 6) is -0.559. The van der Waals surface area contributed by atoms with Crippen molar-refractivity contribution < 1.29 is 22.7 Å². The minimum absolute atomic E-state index is 0.113. The molecule has 1 unspecified atom stereocenters. The average molecular weight is 406 g/mol. The van der Waals surface area contributed by atoms with E-state index < -0.39 is 22.0 Å². The Bertz CT molecular complexity index is 1020. The molecule has 27 heavy (non-hydrogen) atoms. The molecule has 0 bridgehead atoms. The Morgan fingerprint density at radius 3 is 2.89 bits per heavy atom. The maximum Gasteiger partial charge on any atom is 0.275 e. The molecule has 2 aromatic rings. The van der Waals surface area contributed by atoms with Crippen molar-refractivity contribution in [2.75, 3.05) is 5.32 Å². The zero-order valence-corrected chi connectivity index (χ0v) is 16.2. The van der Waals surface area contributed by atoms with Gasteiger partial charge in [0.05, 0.1) is 15.5 Å². The summed E-state index contributed by atoms with van der Waals surface area (Å²) in [6, 6.07) is 5.90. The molecular weight excluding hydrogens is 388 g/mol. The van der Waals surface area contributed by atoms with E-state index in [1.54, 1.807) is 6.07 Å². The maximum absolute atomic E-state index is 12.6. The van der Waals surface area contributed by atoms with Gasteiger partial charge in [-0.2, -0.15) is 0 Å². The highest BCUT2D eigenvalue weighted by atomic mass is 32.2. The lowest BCUT2D eigenvalue weighted by atomic mass is 10.2. The molecule has 1 aromatic heterocycles. The lowest BCUT2D eigenvalue weighted by Gasteiger charge is -2.25. The highest BCUT2D eigenvalue weighted by Crippen LogP contribution is 2.33. The summed E-state index contributed by atoms with van der Waals surface area (Å²) < 4.78 is 32.9. The molecule has 0 saturated heterocycles. The van der Waals surface area contributed by atoms with Crippen molar-refractivity contribution in [1.82, 2.24) is 4.72 Å². The lowest BCUT2D eigenvalue weighted by molar-refractivity contribution is -0.123. The molecule has 2 amide bonds. The van der Waals surface area contributed by atoms with Crippen LogP contribution in [0.15, 0.2) is 29.2 Å². The summed E-state index contributed by atoms with van der Waals surface area (Å²) in [5, 5.41) is 2.65. The number of thiophene rings is 1. The predicted molar refractivity (Wildman–Crippen MR) is 101 cm³/mol. The first kappa shape index (κ1) is 18.0. The second-order valence-corrected chi connectivity index (χ2v) is 9.33. The largest absolute Gasteiger partial charge is 0.478 e. The van der Waals surface area contributed by atoms with E-state index in [0.29, 0.717) is 17.0 Å². The van der Waals surface area contributed by atoms with Crippen LogP contribution in [0.2, 0.25) is 0 Å².